The molecule has 3 rings (SSSR count). The summed E-state index contributed by atoms with van der Waals surface area (Å²) in [5.74, 6) is 0.0989. The maximum atomic E-state index is 13.7. The molecule has 2 aromatic rings. The van der Waals surface area contributed by atoms with Gasteiger partial charge in [0.05, 0.1) is 10.7 Å². The Labute approximate surface area is 148 Å². The standard InChI is InChI=1S/C20H22ClFN2/c1-13-11-20(2,3)24(4)19-10-16(21)14(9-15(13)19)12-23-18-8-6-5-7-17(18)22/h5-10,12-13H,11H2,1-4H3. The Morgan fingerprint density at radius 1 is 1.29 bits per heavy atom. The van der Waals surface area contributed by atoms with Crippen LogP contribution >= 0.6 is 11.6 Å². The second-order valence-corrected chi connectivity index (χ2v) is 7.53. The molecule has 0 radical (unpaired) electrons. The lowest BCUT2D eigenvalue weighted by Gasteiger charge is -2.45. The number of nitrogens with zero attached hydrogens (tertiary/aromatic N) is 2. The van der Waals surface area contributed by atoms with Gasteiger partial charge in [-0.15, -0.1) is 0 Å². The number of fused-ring (bicyclic) bond motifs is 1. The molecule has 0 aliphatic carbocycles. The Morgan fingerprint density at radius 3 is 2.71 bits per heavy atom. The highest BCUT2D eigenvalue weighted by atomic mass is 35.5. The molecule has 2 nitrogen and oxygen atoms in total. The zero-order valence-corrected chi connectivity index (χ0v) is 15.2. The van der Waals surface area contributed by atoms with Crippen LogP contribution in [0, 0.1) is 5.82 Å². The fourth-order valence-corrected chi connectivity index (χ4v) is 3.61. The van der Waals surface area contributed by atoms with Crippen LogP contribution in [0.25, 0.3) is 0 Å². The number of rotatable bonds is 2. The number of benzene rings is 2. The second-order valence-electron chi connectivity index (χ2n) is 7.12. The van der Waals surface area contributed by atoms with Crippen LogP contribution in [0.4, 0.5) is 15.8 Å². The van der Waals surface area contributed by atoms with E-state index >= 15 is 0 Å². The van der Waals surface area contributed by atoms with Crippen LogP contribution < -0.4 is 4.90 Å². The van der Waals surface area contributed by atoms with Crippen molar-refractivity contribution in [3.8, 4) is 0 Å². The quantitative estimate of drug-likeness (QED) is 0.614. The number of hydrogen-bond acceptors (Lipinski definition) is 2. The average Bonchev–Trinajstić information content (AvgIpc) is 2.52. The van der Waals surface area contributed by atoms with Crippen LogP contribution in [-0.4, -0.2) is 18.8 Å². The molecule has 24 heavy (non-hydrogen) atoms. The van der Waals surface area contributed by atoms with E-state index in [0.717, 1.165) is 17.7 Å². The third-order valence-corrected chi connectivity index (χ3v) is 5.27. The van der Waals surface area contributed by atoms with Gasteiger partial charge in [-0.05, 0) is 56.0 Å². The first-order valence-corrected chi connectivity index (χ1v) is 8.53. The minimum Gasteiger partial charge on any atom is -0.369 e. The van der Waals surface area contributed by atoms with Gasteiger partial charge in [0.15, 0.2) is 0 Å². The zero-order chi connectivity index (χ0) is 17.5. The van der Waals surface area contributed by atoms with Gasteiger partial charge in [0.2, 0.25) is 0 Å². The molecule has 0 saturated heterocycles. The van der Waals surface area contributed by atoms with E-state index in [4.69, 9.17) is 11.6 Å². The molecule has 0 bridgehead atoms. The molecule has 1 unspecified atom stereocenters. The summed E-state index contributed by atoms with van der Waals surface area (Å²) < 4.78 is 13.7. The summed E-state index contributed by atoms with van der Waals surface area (Å²) in [5, 5.41) is 0.630. The van der Waals surface area contributed by atoms with Crippen LogP contribution in [0.1, 0.15) is 44.2 Å². The number of aliphatic imine (C=N–C) groups is 1. The van der Waals surface area contributed by atoms with Crippen LogP contribution in [0.15, 0.2) is 41.4 Å². The van der Waals surface area contributed by atoms with Crippen molar-refractivity contribution in [2.24, 2.45) is 4.99 Å². The van der Waals surface area contributed by atoms with Gasteiger partial charge in [0.25, 0.3) is 0 Å². The van der Waals surface area contributed by atoms with Gasteiger partial charge in [-0.25, -0.2) is 4.39 Å². The van der Waals surface area contributed by atoms with Crippen molar-refractivity contribution in [2.45, 2.75) is 38.6 Å². The lowest BCUT2D eigenvalue weighted by Crippen LogP contribution is -2.45. The predicted molar refractivity (Wildman–Crippen MR) is 101 cm³/mol. The third-order valence-electron chi connectivity index (χ3n) is 4.95. The van der Waals surface area contributed by atoms with Gasteiger partial charge in [-0.3, -0.25) is 4.99 Å². The third kappa shape index (κ3) is 3.05. The van der Waals surface area contributed by atoms with Crippen LogP contribution in [0.2, 0.25) is 5.02 Å². The molecule has 0 saturated carbocycles. The minimum absolute atomic E-state index is 0.0958. The molecule has 1 aliphatic heterocycles. The summed E-state index contributed by atoms with van der Waals surface area (Å²) in [5.41, 5.74) is 3.65. The molecular formula is C20H22ClFN2. The molecule has 0 N–H and O–H groups in total. The van der Waals surface area contributed by atoms with E-state index < -0.39 is 0 Å². The first-order valence-electron chi connectivity index (χ1n) is 8.15. The van der Waals surface area contributed by atoms with Gasteiger partial charge in [0.1, 0.15) is 5.82 Å². The van der Waals surface area contributed by atoms with Gasteiger partial charge in [-0.2, -0.15) is 0 Å². The lowest BCUT2D eigenvalue weighted by atomic mass is 9.80. The molecule has 1 atom stereocenters. The van der Waals surface area contributed by atoms with E-state index in [1.807, 2.05) is 6.07 Å². The molecule has 4 heteroatoms. The molecule has 126 valence electrons. The number of anilines is 1. The summed E-state index contributed by atoms with van der Waals surface area (Å²) in [7, 11) is 2.11. The molecule has 0 amide bonds. The summed E-state index contributed by atoms with van der Waals surface area (Å²) >= 11 is 6.46. The van der Waals surface area contributed by atoms with E-state index in [1.54, 1.807) is 24.4 Å². The van der Waals surface area contributed by atoms with Crippen molar-refractivity contribution in [1.29, 1.82) is 0 Å². The van der Waals surface area contributed by atoms with E-state index in [9.17, 15) is 4.39 Å². The van der Waals surface area contributed by atoms with Crippen molar-refractivity contribution in [1.82, 2.24) is 0 Å². The van der Waals surface area contributed by atoms with Gasteiger partial charge in [-0.1, -0.05) is 30.7 Å². The first kappa shape index (κ1) is 17.0. The highest BCUT2D eigenvalue weighted by Crippen LogP contribution is 2.44. The van der Waals surface area contributed by atoms with Crippen molar-refractivity contribution >= 4 is 29.2 Å². The Kier molecular flexibility index (Phi) is 4.39. The largest absolute Gasteiger partial charge is 0.369 e. The van der Waals surface area contributed by atoms with Crippen molar-refractivity contribution in [3.05, 3.63) is 58.4 Å². The van der Waals surface area contributed by atoms with E-state index in [1.165, 1.54) is 11.6 Å². The normalized spacial score (nSPS) is 19.6. The number of hydrogen-bond donors (Lipinski definition) is 0. The van der Waals surface area contributed by atoms with Gasteiger partial charge in [0, 0.05) is 30.1 Å². The van der Waals surface area contributed by atoms with Gasteiger partial charge < -0.3 is 4.90 Å². The van der Waals surface area contributed by atoms with E-state index in [-0.39, 0.29) is 11.4 Å². The lowest BCUT2D eigenvalue weighted by molar-refractivity contribution is 0.395. The zero-order valence-electron chi connectivity index (χ0n) is 14.5. The monoisotopic (exact) mass is 344 g/mol. The second kappa shape index (κ2) is 6.21. The van der Waals surface area contributed by atoms with Crippen molar-refractivity contribution in [3.63, 3.8) is 0 Å². The molecule has 0 aromatic heterocycles. The Balaban J connectivity index is 2.01. The highest BCUT2D eigenvalue weighted by molar-refractivity contribution is 6.33. The molecule has 0 spiro atoms. The van der Waals surface area contributed by atoms with Gasteiger partial charge >= 0.3 is 0 Å². The Bertz CT molecular complexity index is 798. The fraction of sp³-hybridized carbons (Fsp3) is 0.350. The summed E-state index contributed by atoms with van der Waals surface area (Å²) in [6.45, 7) is 6.72. The summed E-state index contributed by atoms with van der Waals surface area (Å²) in [6.07, 6.45) is 2.72. The molecule has 1 heterocycles. The Hall–Kier alpha value is -1.87. The van der Waals surface area contributed by atoms with Crippen molar-refractivity contribution < 1.29 is 4.39 Å². The highest BCUT2D eigenvalue weighted by Gasteiger charge is 2.34. The maximum absolute atomic E-state index is 13.7. The summed E-state index contributed by atoms with van der Waals surface area (Å²) in [6, 6.07) is 10.6. The topological polar surface area (TPSA) is 15.6 Å². The minimum atomic E-state index is -0.335. The molecular weight excluding hydrogens is 323 g/mol. The fourth-order valence-electron chi connectivity index (χ4n) is 3.40. The average molecular weight is 345 g/mol. The molecule has 0 fully saturated rings. The van der Waals surface area contributed by atoms with E-state index in [2.05, 4.69) is 43.8 Å². The van der Waals surface area contributed by atoms with Crippen LogP contribution in [0.3, 0.4) is 0 Å². The SMILES string of the molecule is CC1CC(C)(C)N(C)c2cc(Cl)c(C=Nc3ccccc3F)cc21. The smallest absolute Gasteiger partial charge is 0.148 e. The molecule has 1 aliphatic rings. The van der Waals surface area contributed by atoms with Crippen LogP contribution in [0.5, 0.6) is 0 Å². The van der Waals surface area contributed by atoms with Crippen LogP contribution in [-0.2, 0) is 0 Å². The number of para-hydroxylation sites is 1. The maximum Gasteiger partial charge on any atom is 0.148 e. The van der Waals surface area contributed by atoms with E-state index in [0.29, 0.717) is 16.6 Å². The number of halogens is 2. The van der Waals surface area contributed by atoms with Crippen molar-refractivity contribution in [2.75, 3.05) is 11.9 Å². The predicted octanol–water partition coefficient (Wildman–Crippen LogP) is 5.95. The first-order chi connectivity index (χ1) is 11.3. The Morgan fingerprint density at radius 2 is 2.00 bits per heavy atom. The summed E-state index contributed by atoms with van der Waals surface area (Å²) in [4.78, 5) is 6.54. The molecule has 2 aromatic carbocycles.